The van der Waals surface area contributed by atoms with E-state index in [4.69, 9.17) is 23.2 Å². The molecule has 11 heteroatoms. The van der Waals surface area contributed by atoms with Crippen molar-refractivity contribution in [3.8, 4) is 0 Å². The van der Waals surface area contributed by atoms with Crippen LogP contribution in [0.1, 0.15) is 41.3 Å². The normalized spacial score (nSPS) is 13.0. The fourth-order valence-electron chi connectivity index (χ4n) is 2.97. The minimum Gasteiger partial charge on any atom is -0.349 e. The Hall–Kier alpha value is -2.39. The van der Waals surface area contributed by atoms with Gasteiger partial charge in [0.1, 0.15) is 0 Å². The lowest BCUT2D eigenvalue weighted by Gasteiger charge is -2.17. The highest BCUT2D eigenvalue weighted by atomic mass is 35.5. The van der Waals surface area contributed by atoms with Crippen molar-refractivity contribution >= 4 is 34.9 Å². The van der Waals surface area contributed by atoms with Crippen molar-refractivity contribution in [2.75, 3.05) is 0 Å². The summed E-state index contributed by atoms with van der Waals surface area (Å²) in [5.41, 5.74) is 1.94. The van der Waals surface area contributed by atoms with Crippen molar-refractivity contribution in [1.29, 1.82) is 0 Å². The molecule has 0 radical (unpaired) electrons. The summed E-state index contributed by atoms with van der Waals surface area (Å²) in [4.78, 5) is 20.0. The molecule has 1 aromatic carbocycles. The number of hydrogen-bond donors (Lipinski definition) is 1. The van der Waals surface area contributed by atoms with Crippen molar-refractivity contribution in [2.24, 2.45) is 0 Å². The molecular formula is C18H16Cl2F3N5O. The minimum absolute atomic E-state index is 0.0859. The molecule has 3 aromatic rings. The van der Waals surface area contributed by atoms with E-state index in [1.165, 1.54) is 0 Å². The smallest absolute Gasteiger partial charge is 0.349 e. The Morgan fingerprint density at radius 3 is 2.55 bits per heavy atom. The molecule has 2 aromatic heterocycles. The Labute approximate surface area is 174 Å². The standard InChI is InChI=1S/C18H16Cl2F3N5O/c1-8(12-5-4-11(19)6-14(12)20)24-15(29)7-13-9(2)25-17-26-16(18(21,22)23)27-28(17)10(13)3/h4-6,8H,7H2,1-3H3,(H,24,29). The van der Waals surface area contributed by atoms with E-state index in [0.717, 1.165) is 4.52 Å². The number of benzene rings is 1. The van der Waals surface area contributed by atoms with E-state index in [1.807, 2.05) is 0 Å². The molecule has 0 aliphatic rings. The molecule has 0 bridgehead atoms. The molecule has 1 atom stereocenters. The van der Waals surface area contributed by atoms with Crippen LogP contribution in [0.3, 0.4) is 0 Å². The molecule has 6 nitrogen and oxygen atoms in total. The second kappa shape index (κ2) is 7.79. The number of halogens is 5. The molecule has 1 N–H and O–H groups in total. The number of amides is 1. The first-order valence-corrected chi connectivity index (χ1v) is 9.27. The maximum absolute atomic E-state index is 12.9. The molecule has 0 fully saturated rings. The van der Waals surface area contributed by atoms with Crippen LogP contribution < -0.4 is 5.32 Å². The van der Waals surface area contributed by atoms with Crippen molar-refractivity contribution in [1.82, 2.24) is 24.9 Å². The van der Waals surface area contributed by atoms with Crippen molar-refractivity contribution < 1.29 is 18.0 Å². The molecule has 3 rings (SSSR count). The maximum Gasteiger partial charge on any atom is 0.453 e. The fraction of sp³-hybridized carbons (Fsp3) is 0.333. The number of carbonyl (C=O) groups excluding carboxylic acids is 1. The van der Waals surface area contributed by atoms with Gasteiger partial charge in [-0.05, 0) is 38.5 Å². The molecule has 1 amide bonds. The Kier molecular flexibility index (Phi) is 5.73. The average molecular weight is 446 g/mol. The fourth-order valence-corrected chi connectivity index (χ4v) is 3.54. The van der Waals surface area contributed by atoms with Gasteiger partial charge in [0.15, 0.2) is 0 Å². The third kappa shape index (κ3) is 4.45. The molecular weight excluding hydrogens is 430 g/mol. The largest absolute Gasteiger partial charge is 0.453 e. The number of nitrogens with one attached hydrogen (secondary N) is 1. The van der Waals surface area contributed by atoms with Crippen LogP contribution in [0.5, 0.6) is 0 Å². The van der Waals surface area contributed by atoms with Gasteiger partial charge in [0.2, 0.25) is 5.91 Å². The number of rotatable bonds is 4. The van der Waals surface area contributed by atoms with Gasteiger partial charge in [-0.25, -0.2) is 9.50 Å². The number of aryl methyl sites for hydroxylation is 2. The zero-order chi connectivity index (χ0) is 21.5. The highest BCUT2D eigenvalue weighted by Gasteiger charge is 2.37. The molecule has 0 saturated carbocycles. The van der Waals surface area contributed by atoms with Gasteiger partial charge < -0.3 is 5.32 Å². The first kappa shape index (κ1) is 21.3. The second-order valence-corrected chi connectivity index (χ2v) is 7.38. The lowest BCUT2D eigenvalue weighted by atomic mass is 10.1. The van der Waals surface area contributed by atoms with E-state index >= 15 is 0 Å². The molecule has 0 spiro atoms. The molecule has 0 aliphatic carbocycles. The van der Waals surface area contributed by atoms with E-state index in [2.05, 4.69) is 20.4 Å². The maximum atomic E-state index is 12.9. The second-order valence-electron chi connectivity index (χ2n) is 6.54. The highest BCUT2D eigenvalue weighted by Crippen LogP contribution is 2.28. The molecule has 0 aliphatic heterocycles. The van der Waals surface area contributed by atoms with E-state index in [1.54, 1.807) is 39.0 Å². The number of aromatic nitrogens is 4. The van der Waals surface area contributed by atoms with Crippen LogP contribution >= 0.6 is 23.2 Å². The summed E-state index contributed by atoms with van der Waals surface area (Å²) in [6.07, 6.45) is -4.77. The topological polar surface area (TPSA) is 72.2 Å². The van der Waals surface area contributed by atoms with Crippen LogP contribution in [-0.4, -0.2) is 25.5 Å². The predicted octanol–water partition coefficient (Wildman–Crippen LogP) is 4.49. The summed E-state index contributed by atoms with van der Waals surface area (Å²) in [7, 11) is 0. The van der Waals surface area contributed by atoms with Crippen molar-refractivity contribution in [3.05, 3.63) is 56.6 Å². The highest BCUT2D eigenvalue weighted by molar-refractivity contribution is 6.35. The zero-order valence-corrected chi connectivity index (χ0v) is 17.1. The molecule has 1 unspecified atom stereocenters. The number of alkyl halides is 3. The van der Waals surface area contributed by atoms with Gasteiger partial charge in [-0.3, -0.25) is 4.79 Å². The summed E-state index contributed by atoms with van der Waals surface area (Å²) in [6.45, 7) is 4.94. The van der Waals surface area contributed by atoms with Crippen LogP contribution in [0.2, 0.25) is 10.0 Å². The molecule has 0 saturated heterocycles. The SMILES string of the molecule is Cc1nc2nc(C(F)(F)F)nn2c(C)c1CC(=O)NC(C)c1ccc(Cl)cc1Cl. The Balaban J connectivity index is 1.84. The molecule has 2 heterocycles. The third-order valence-electron chi connectivity index (χ3n) is 4.45. The zero-order valence-electron chi connectivity index (χ0n) is 15.6. The minimum atomic E-state index is -4.68. The van der Waals surface area contributed by atoms with Gasteiger partial charge in [-0.1, -0.05) is 29.3 Å². The molecule has 154 valence electrons. The van der Waals surface area contributed by atoms with Gasteiger partial charge >= 0.3 is 6.18 Å². The van der Waals surface area contributed by atoms with E-state index in [9.17, 15) is 18.0 Å². The Morgan fingerprint density at radius 2 is 1.93 bits per heavy atom. The van der Waals surface area contributed by atoms with Crippen LogP contribution in [0.25, 0.3) is 5.78 Å². The number of hydrogen-bond acceptors (Lipinski definition) is 4. The van der Waals surface area contributed by atoms with E-state index in [0.29, 0.717) is 32.6 Å². The van der Waals surface area contributed by atoms with Gasteiger partial charge in [0.05, 0.1) is 12.5 Å². The quantitative estimate of drug-likeness (QED) is 0.642. The van der Waals surface area contributed by atoms with E-state index in [-0.39, 0.29) is 18.1 Å². The number of nitrogens with zero attached hydrogens (tertiary/aromatic N) is 4. The van der Waals surface area contributed by atoms with Gasteiger partial charge in [-0.15, -0.1) is 5.10 Å². The molecule has 29 heavy (non-hydrogen) atoms. The van der Waals surface area contributed by atoms with Crippen molar-refractivity contribution in [2.45, 2.75) is 39.4 Å². The van der Waals surface area contributed by atoms with Gasteiger partial charge in [-0.2, -0.15) is 18.2 Å². The lowest BCUT2D eigenvalue weighted by molar-refractivity contribution is -0.144. The van der Waals surface area contributed by atoms with Crippen molar-refractivity contribution in [3.63, 3.8) is 0 Å². The summed E-state index contributed by atoms with van der Waals surface area (Å²) in [5.74, 6) is -1.79. The number of carbonyl (C=O) groups is 1. The average Bonchev–Trinajstić information content (AvgIpc) is 3.03. The summed E-state index contributed by atoms with van der Waals surface area (Å²) in [6, 6.07) is 4.57. The van der Waals surface area contributed by atoms with Crippen LogP contribution in [0, 0.1) is 13.8 Å². The monoisotopic (exact) mass is 445 g/mol. The Bertz CT molecular complexity index is 1100. The summed E-state index contributed by atoms with van der Waals surface area (Å²) in [5, 5.41) is 7.19. The predicted molar refractivity (Wildman–Crippen MR) is 102 cm³/mol. The van der Waals surface area contributed by atoms with Crippen LogP contribution in [0.15, 0.2) is 18.2 Å². The van der Waals surface area contributed by atoms with Crippen LogP contribution in [-0.2, 0) is 17.4 Å². The van der Waals surface area contributed by atoms with E-state index < -0.39 is 18.0 Å². The summed E-state index contributed by atoms with van der Waals surface area (Å²) >= 11 is 12.1. The lowest BCUT2D eigenvalue weighted by Crippen LogP contribution is -2.29. The van der Waals surface area contributed by atoms with Gasteiger partial charge in [0.25, 0.3) is 11.6 Å². The first-order valence-electron chi connectivity index (χ1n) is 8.51. The van der Waals surface area contributed by atoms with Gasteiger partial charge in [0, 0.05) is 27.0 Å². The number of fused-ring (bicyclic) bond motifs is 1. The third-order valence-corrected chi connectivity index (χ3v) is 5.01. The Morgan fingerprint density at radius 1 is 1.24 bits per heavy atom. The first-order chi connectivity index (χ1) is 13.5. The summed E-state index contributed by atoms with van der Waals surface area (Å²) < 4.78 is 39.6. The van der Waals surface area contributed by atoms with Crippen LogP contribution in [0.4, 0.5) is 13.2 Å².